The van der Waals surface area contributed by atoms with Gasteiger partial charge in [0.1, 0.15) is 0 Å². The third-order valence-corrected chi connectivity index (χ3v) is 11.8. The molecule has 0 spiro atoms. The number of nitrogens with zero attached hydrogens (tertiary/aromatic N) is 2. The van der Waals surface area contributed by atoms with Gasteiger partial charge < -0.3 is 9.80 Å². The number of rotatable bonds is 16. The van der Waals surface area contributed by atoms with E-state index in [1.807, 2.05) is 24.3 Å². The normalized spacial score (nSPS) is 14.5. The van der Waals surface area contributed by atoms with Crippen LogP contribution in [0.3, 0.4) is 0 Å². The first kappa shape index (κ1) is 42.9. The third-order valence-electron chi connectivity index (χ3n) is 11.8. The van der Waals surface area contributed by atoms with Gasteiger partial charge in [0.25, 0.3) is 0 Å². The van der Waals surface area contributed by atoms with Crippen LogP contribution in [0.1, 0.15) is 65.5 Å². The molecule has 1 saturated carbocycles. The molecule has 1 fully saturated rings. The Bertz CT molecular complexity index is 2540. The van der Waals surface area contributed by atoms with Gasteiger partial charge in [-0.05, 0) is 109 Å². The summed E-state index contributed by atoms with van der Waals surface area (Å²) in [4.78, 5) is 4.57. The summed E-state index contributed by atoms with van der Waals surface area (Å²) in [6.45, 7) is 12.4. The van der Waals surface area contributed by atoms with Crippen molar-refractivity contribution in [3.63, 3.8) is 0 Å². The van der Waals surface area contributed by atoms with Crippen molar-refractivity contribution in [2.45, 2.75) is 51.4 Å². The van der Waals surface area contributed by atoms with E-state index in [1.165, 1.54) is 47.1 Å². The summed E-state index contributed by atoms with van der Waals surface area (Å²) in [7, 11) is 0. The Labute approximate surface area is 370 Å². The van der Waals surface area contributed by atoms with Gasteiger partial charge in [0.15, 0.2) is 0 Å². The van der Waals surface area contributed by atoms with E-state index < -0.39 is 0 Å². The van der Waals surface area contributed by atoms with E-state index in [4.69, 9.17) is 0 Å². The number of anilines is 4. The van der Waals surface area contributed by atoms with Crippen molar-refractivity contribution in [3.8, 4) is 0 Å². The Morgan fingerprint density at radius 2 is 0.968 bits per heavy atom. The Balaban J connectivity index is 1.19. The van der Waals surface area contributed by atoms with Gasteiger partial charge in [-0.25, -0.2) is 0 Å². The summed E-state index contributed by atoms with van der Waals surface area (Å²) < 4.78 is 0. The fraction of sp³-hybridized carbons (Fsp3) is 0.133. The molecule has 2 nitrogen and oxygen atoms in total. The topological polar surface area (TPSA) is 6.48 Å². The molecule has 0 heterocycles. The molecule has 0 aromatic heterocycles. The lowest BCUT2D eigenvalue weighted by Gasteiger charge is -2.39. The molecule has 1 aliphatic carbocycles. The van der Waals surface area contributed by atoms with Gasteiger partial charge in [-0.3, -0.25) is 0 Å². The van der Waals surface area contributed by atoms with Crippen LogP contribution in [0.2, 0.25) is 0 Å². The summed E-state index contributed by atoms with van der Waals surface area (Å²) in [5, 5.41) is 0. The maximum Gasteiger partial charge on any atom is 0.0455 e. The van der Waals surface area contributed by atoms with E-state index >= 15 is 0 Å². The van der Waals surface area contributed by atoms with Crippen LogP contribution >= 0.6 is 0 Å². The van der Waals surface area contributed by atoms with Crippen LogP contribution < -0.4 is 9.80 Å². The van der Waals surface area contributed by atoms with Crippen molar-refractivity contribution < 1.29 is 0 Å². The molecule has 0 unspecified atom stereocenters. The van der Waals surface area contributed by atoms with Crippen LogP contribution in [0.25, 0.3) is 11.6 Å². The van der Waals surface area contributed by atoms with Crippen LogP contribution in [0, 0.1) is 13.8 Å². The van der Waals surface area contributed by atoms with Gasteiger partial charge in [0.05, 0.1) is 0 Å². The quantitative estimate of drug-likeness (QED) is 0.0899. The largest absolute Gasteiger partial charge is 0.317 e. The first-order valence-corrected chi connectivity index (χ1v) is 21.9. The maximum absolute atomic E-state index is 4.17. The summed E-state index contributed by atoms with van der Waals surface area (Å²) in [6, 6.07) is 57.1. The molecular weight excluding hydrogens is 749 g/mol. The fourth-order valence-corrected chi connectivity index (χ4v) is 8.39. The summed E-state index contributed by atoms with van der Waals surface area (Å²) in [5.74, 6) is 0. The lowest BCUT2D eigenvalue weighted by atomic mass is 9.65. The summed E-state index contributed by atoms with van der Waals surface area (Å²) in [5.41, 5.74) is 14.0. The Morgan fingerprint density at radius 3 is 1.48 bits per heavy atom. The number of hydrogen-bond donors (Lipinski definition) is 0. The third kappa shape index (κ3) is 10.8. The number of benzene rings is 6. The molecule has 0 N–H and O–H groups in total. The van der Waals surface area contributed by atoms with Gasteiger partial charge in [-0.15, -0.1) is 0 Å². The van der Waals surface area contributed by atoms with Crippen molar-refractivity contribution >= 4 is 34.4 Å². The fourth-order valence-electron chi connectivity index (χ4n) is 8.39. The predicted octanol–water partition coefficient (Wildman–Crippen LogP) is 16.5. The van der Waals surface area contributed by atoms with Crippen LogP contribution in [-0.2, 0) is 5.41 Å². The van der Waals surface area contributed by atoms with Gasteiger partial charge >= 0.3 is 0 Å². The first-order chi connectivity index (χ1) is 30.5. The number of hydrogen-bond acceptors (Lipinski definition) is 2. The zero-order valence-electron chi connectivity index (χ0n) is 36.3. The highest BCUT2D eigenvalue weighted by Crippen LogP contribution is 2.46. The molecular formula is C60H58N2. The van der Waals surface area contributed by atoms with Gasteiger partial charge in [0.2, 0.25) is 0 Å². The predicted molar refractivity (Wildman–Crippen MR) is 269 cm³/mol. The van der Waals surface area contributed by atoms with Crippen molar-refractivity contribution in [2.75, 3.05) is 9.80 Å². The molecule has 0 amide bonds. The molecule has 0 saturated heterocycles. The van der Waals surface area contributed by atoms with E-state index in [1.54, 1.807) is 0 Å². The highest BCUT2D eigenvalue weighted by molar-refractivity contribution is 5.85. The van der Waals surface area contributed by atoms with Crippen LogP contribution in [0.15, 0.2) is 244 Å². The molecule has 0 atom stereocenters. The maximum atomic E-state index is 4.17. The van der Waals surface area contributed by atoms with E-state index in [0.717, 1.165) is 52.3 Å². The summed E-state index contributed by atoms with van der Waals surface area (Å²) in [6.07, 6.45) is 30.7. The molecule has 6 aromatic rings. The Hall–Kier alpha value is -7.16. The van der Waals surface area contributed by atoms with Crippen molar-refractivity contribution in [3.05, 3.63) is 277 Å². The van der Waals surface area contributed by atoms with E-state index in [-0.39, 0.29) is 5.41 Å². The smallest absolute Gasteiger partial charge is 0.0455 e. The highest BCUT2D eigenvalue weighted by Gasteiger charge is 2.36. The molecule has 6 aromatic carbocycles. The molecule has 2 heteroatoms. The lowest BCUT2D eigenvalue weighted by Crippen LogP contribution is -2.30. The molecule has 62 heavy (non-hydrogen) atoms. The van der Waals surface area contributed by atoms with Gasteiger partial charge in [-0.2, -0.15) is 0 Å². The van der Waals surface area contributed by atoms with Crippen LogP contribution in [0.5, 0.6) is 0 Å². The average Bonchev–Trinajstić information content (AvgIpc) is 3.33. The second-order valence-electron chi connectivity index (χ2n) is 16.0. The van der Waals surface area contributed by atoms with Crippen LogP contribution in [0.4, 0.5) is 22.7 Å². The van der Waals surface area contributed by atoms with Crippen molar-refractivity contribution in [1.82, 2.24) is 0 Å². The zero-order chi connectivity index (χ0) is 43.0. The second-order valence-corrected chi connectivity index (χ2v) is 16.0. The summed E-state index contributed by atoms with van der Waals surface area (Å²) >= 11 is 0. The monoisotopic (exact) mass is 806 g/mol. The van der Waals surface area contributed by atoms with Gasteiger partial charge in [0, 0.05) is 46.1 Å². The van der Waals surface area contributed by atoms with E-state index in [2.05, 4.69) is 243 Å². The number of aryl methyl sites for hydroxylation is 2. The minimum atomic E-state index is -0.0632. The average molecular weight is 807 g/mol. The highest BCUT2D eigenvalue weighted by atomic mass is 15.1. The van der Waals surface area contributed by atoms with Crippen molar-refractivity contribution in [2.24, 2.45) is 0 Å². The standard InChI is InChI=1S/C60H58N2/c1-5-22-51(6-2)59(52-26-17-12-18-27-52)47-62(57-38-30-49(4)31-39-57)58-42-34-54(35-43-58)60(44-19-13-20-45-60)53-32-40-56(41-33-53)61(55-36-28-48(3)29-37-55)46-21-10-8-7-9-14-23-50-24-15-11-16-25-50/h5-12,14-18,21-43,46-47H,1-2,13,19-20,44-45H2,3-4H3/b9-7-,10-8+,23-14-,46-21+,51-22+,59-47-. The zero-order valence-corrected chi connectivity index (χ0v) is 36.3. The molecule has 0 aliphatic heterocycles. The Kier molecular flexibility index (Phi) is 14.8. The van der Waals surface area contributed by atoms with Gasteiger partial charge in [-0.1, -0.05) is 207 Å². The molecule has 1 aliphatic rings. The van der Waals surface area contributed by atoms with Crippen molar-refractivity contribution in [1.29, 1.82) is 0 Å². The minimum Gasteiger partial charge on any atom is -0.317 e. The molecule has 7 rings (SSSR count). The van der Waals surface area contributed by atoms with E-state index in [9.17, 15) is 0 Å². The molecule has 0 radical (unpaired) electrons. The lowest BCUT2D eigenvalue weighted by molar-refractivity contribution is 0.346. The Morgan fingerprint density at radius 1 is 0.500 bits per heavy atom. The molecule has 0 bridgehead atoms. The second kappa shape index (κ2) is 21.4. The van der Waals surface area contributed by atoms with Crippen LogP contribution in [-0.4, -0.2) is 0 Å². The first-order valence-electron chi connectivity index (χ1n) is 21.9. The molecule has 308 valence electrons. The van der Waals surface area contributed by atoms with E-state index in [0.29, 0.717) is 0 Å². The number of allylic oxidation sites excluding steroid dienone is 11. The minimum absolute atomic E-state index is 0.0632. The SMILES string of the molecule is C=C/C=C(C=C)/C(=C/N(c1ccc(C)cc1)c1ccc(C2(c3ccc(N(/C=C/C=C/C=C\C=C/c4ccccc4)c4ccc(C)cc4)cc3)CCCCC2)cc1)c1ccccc1.